The number of esters is 1. The number of carbonyl (C=O) groups is 1. The number of nitrogens with two attached hydrogens (primary N) is 1. The molecule has 4 unspecified atom stereocenters. The Labute approximate surface area is 118 Å². The topological polar surface area (TPSA) is 52.3 Å². The number of rotatable bonds is 6. The lowest BCUT2D eigenvalue weighted by atomic mass is 9.75. The van der Waals surface area contributed by atoms with E-state index in [1.165, 1.54) is 12.8 Å². The van der Waals surface area contributed by atoms with Crippen LogP contribution in [0.1, 0.15) is 59.8 Å². The molecule has 2 N–H and O–H groups in total. The van der Waals surface area contributed by atoms with Crippen molar-refractivity contribution < 1.29 is 9.53 Å². The van der Waals surface area contributed by atoms with Crippen molar-refractivity contribution in [1.29, 1.82) is 0 Å². The van der Waals surface area contributed by atoms with Gasteiger partial charge >= 0.3 is 5.97 Å². The van der Waals surface area contributed by atoms with E-state index in [0.29, 0.717) is 30.7 Å². The number of carbonyl (C=O) groups excluding carboxylic acids is 1. The maximum atomic E-state index is 12.0. The maximum absolute atomic E-state index is 12.0. The fourth-order valence-corrected chi connectivity index (χ4v) is 3.10. The lowest BCUT2D eigenvalue weighted by molar-refractivity contribution is -0.157. The average molecular weight is 269 g/mol. The molecule has 0 saturated heterocycles. The molecule has 1 saturated carbocycles. The Hall–Kier alpha value is -0.570. The Morgan fingerprint density at radius 2 is 2.05 bits per heavy atom. The molecule has 1 fully saturated rings. The molecule has 0 aliphatic heterocycles. The number of hydrogen-bond acceptors (Lipinski definition) is 3. The van der Waals surface area contributed by atoms with Crippen LogP contribution in [0.5, 0.6) is 0 Å². The number of ether oxygens (including phenoxy) is 1. The third-order valence-electron chi connectivity index (χ3n) is 4.61. The van der Waals surface area contributed by atoms with Crippen molar-refractivity contribution in [2.45, 2.75) is 65.9 Å². The quantitative estimate of drug-likeness (QED) is 0.752. The molecular weight excluding hydrogens is 238 g/mol. The molecule has 4 atom stereocenters. The van der Waals surface area contributed by atoms with E-state index in [1.54, 1.807) is 0 Å². The number of hydrogen-bond donors (Lipinski definition) is 1. The summed E-state index contributed by atoms with van der Waals surface area (Å²) < 4.78 is 5.78. The molecule has 1 aliphatic carbocycles. The van der Waals surface area contributed by atoms with E-state index in [0.717, 1.165) is 12.8 Å². The Bertz CT molecular complexity index is 274. The highest BCUT2D eigenvalue weighted by atomic mass is 16.5. The van der Waals surface area contributed by atoms with Gasteiger partial charge in [-0.25, -0.2) is 0 Å². The van der Waals surface area contributed by atoms with Gasteiger partial charge in [0.1, 0.15) is 6.10 Å². The van der Waals surface area contributed by atoms with E-state index in [9.17, 15) is 4.79 Å². The van der Waals surface area contributed by atoms with E-state index in [-0.39, 0.29) is 18.0 Å². The molecule has 0 radical (unpaired) electrons. The monoisotopic (exact) mass is 269 g/mol. The van der Waals surface area contributed by atoms with Crippen LogP contribution in [0.25, 0.3) is 0 Å². The third kappa shape index (κ3) is 5.13. The molecular formula is C16H31NO2. The van der Waals surface area contributed by atoms with Gasteiger partial charge in [-0.15, -0.1) is 0 Å². The Balaban J connectivity index is 2.53. The first-order valence-corrected chi connectivity index (χ1v) is 7.87. The maximum Gasteiger partial charge on any atom is 0.306 e. The molecule has 112 valence electrons. The zero-order valence-corrected chi connectivity index (χ0v) is 13.0. The summed E-state index contributed by atoms with van der Waals surface area (Å²) in [5, 5.41) is 0. The minimum Gasteiger partial charge on any atom is -0.462 e. The molecule has 1 aliphatic rings. The van der Waals surface area contributed by atoms with Crippen LogP contribution in [-0.2, 0) is 9.53 Å². The molecule has 0 heterocycles. The van der Waals surface area contributed by atoms with Gasteiger partial charge in [0, 0.05) is 6.42 Å². The second-order valence-electron chi connectivity index (χ2n) is 6.57. The van der Waals surface area contributed by atoms with Crippen molar-refractivity contribution in [3.05, 3.63) is 0 Å². The minimum absolute atomic E-state index is 0.0537. The molecule has 0 spiro atoms. The van der Waals surface area contributed by atoms with Gasteiger partial charge in [0.05, 0.1) is 0 Å². The first-order chi connectivity index (χ1) is 8.97. The SMILES string of the molecule is CCC(CN)CC(=O)OC1CC(C)CCC1C(C)C. The molecule has 0 aromatic rings. The lowest BCUT2D eigenvalue weighted by Gasteiger charge is -2.36. The van der Waals surface area contributed by atoms with E-state index in [1.807, 2.05) is 0 Å². The molecule has 1 rings (SSSR count). The van der Waals surface area contributed by atoms with Gasteiger partial charge in [-0.2, -0.15) is 0 Å². The smallest absolute Gasteiger partial charge is 0.306 e. The molecule has 19 heavy (non-hydrogen) atoms. The molecule has 3 nitrogen and oxygen atoms in total. The van der Waals surface area contributed by atoms with Crippen LogP contribution in [0.3, 0.4) is 0 Å². The van der Waals surface area contributed by atoms with Crippen molar-refractivity contribution in [2.75, 3.05) is 6.54 Å². The Morgan fingerprint density at radius 3 is 2.58 bits per heavy atom. The highest BCUT2D eigenvalue weighted by Gasteiger charge is 2.33. The Morgan fingerprint density at radius 1 is 1.37 bits per heavy atom. The van der Waals surface area contributed by atoms with E-state index >= 15 is 0 Å². The summed E-state index contributed by atoms with van der Waals surface area (Å²) >= 11 is 0. The van der Waals surface area contributed by atoms with Crippen LogP contribution < -0.4 is 5.73 Å². The van der Waals surface area contributed by atoms with Gasteiger partial charge in [-0.05, 0) is 43.1 Å². The van der Waals surface area contributed by atoms with Gasteiger partial charge in [0.2, 0.25) is 0 Å². The summed E-state index contributed by atoms with van der Waals surface area (Å²) in [5.41, 5.74) is 5.65. The third-order valence-corrected chi connectivity index (χ3v) is 4.61. The normalized spacial score (nSPS) is 29.3. The van der Waals surface area contributed by atoms with Crippen LogP contribution in [0.4, 0.5) is 0 Å². The summed E-state index contributed by atoms with van der Waals surface area (Å²) in [6, 6.07) is 0. The van der Waals surface area contributed by atoms with Crippen molar-refractivity contribution in [3.8, 4) is 0 Å². The van der Waals surface area contributed by atoms with Gasteiger partial charge in [0.25, 0.3) is 0 Å². The molecule has 0 bridgehead atoms. The average Bonchev–Trinajstić information content (AvgIpc) is 2.35. The lowest BCUT2D eigenvalue weighted by Crippen LogP contribution is -2.36. The van der Waals surface area contributed by atoms with Gasteiger partial charge in [-0.3, -0.25) is 4.79 Å². The van der Waals surface area contributed by atoms with E-state index in [2.05, 4.69) is 27.7 Å². The van der Waals surface area contributed by atoms with Gasteiger partial charge in [0.15, 0.2) is 0 Å². The second-order valence-corrected chi connectivity index (χ2v) is 6.57. The summed E-state index contributed by atoms with van der Waals surface area (Å²) in [4.78, 5) is 12.0. The van der Waals surface area contributed by atoms with Crippen LogP contribution in [0.15, 0.2) is 0 Å². The fourth-order valence-electron chi connectivity index (χ4n) is 3.10. The minimum atomic E-state index is -0.0537. The zero-order chi connectivity index (χ0) is 14.4. The summed E-state index contributed by atoms with van der Waals surface area (Å²) in [7, 11) is 0. The highest BCUT2D eigenvalue weighted by Crippen LogP contribution is 2.35. The first-order valence-electron chi connectivity index (χ1n) is 7.87. The van der Waals surface area contributed by atoms with Crippen LogP contribution in [0, 0.1) is 23.7 Å². The van der Waals surface area contributed by atoms with Gasteiger partial charge < -0.3 is 10.5 Å². The van der Waals surface area contributed by atoms with Gasteiger partial charge in [-0.1, -0.05) is 40.5 Å². The van der Waals surface area contributed by atoms with Crippen LogP contribution in [-0.4, -0.2) is 18.6 Å². The summed E-state index contributed by atoms with van der Waals surface area (Å²) in [5.74, 6) is 2.00. The van der Waals surface area contributed by atoms with Crippen molar-refractivity contribution in [3.63, 3.8) is 0 Å². The van der Waals surface area contributed by atoms with E-state index in [4.69, 9.17) is 10.5 Å². The van der Waals surface area contributed by atoms with Crippen molar-refractivity contribution >= 4 is 5.97 Å². The van der Waals surface area contributed by atoms with Crippen LogP contribution in [0.2, 0.25) is 0 Å². The summed E-state index contributed by atoms with van der Waals surface area (Å²) in [6.07, 6.45) is 5.01. The summed E-state index contributed by atoms with van der Waals surface area (Å²) in [6.45, 7) is 9.36. The predicted molar refractivity (Wildman–Crippen MR) is 78.7 cm³/mol. The fraction of sp³-hybridized carbons (Fsp3) is 0.938. The van der Waals surface area contributed by atoms with Crippen molar-refractivity contribution in [1.82, 2.24) is 0 Å². The first kappa shape index (κ1) is 16.5. The molecule has 0 aromatic carbocycles. The molecule has 0 amide bonds. The molecule has 3 heteroatoms. The standard InChI is InChI=1S/C16H31NO2/c1-5-13(10-17)9-16(18)19-15-8-12(4)6-7-14(15)11(2)3/h11-15H,5-10,17H2,1-4H3. The van der Waals surface area contributed by atoms with E-state index < -0.39 is 0 Å². The van der Waals surface area contributed by atoms with Crippen molar-refractivity contribution in [2.24, 2.45) is 29.4 Å². The second kappa shape index (κ2) is 7.88. The Kier molecular flexibility index (Phi) is 6.84. The largest absolute Gasteiger partial charge is 0.462 e. The highest BCUT2D eigenvalue weighted by molar-refractivity contribution is 5.70. The predicted octanol–water partition coefficient (Wildman–Crippen LogP) is 3.37. The zero-order valence-electron chi connectivity index (χ0n) is 13.0. The molecule has 0 aromatic heterocycles. The van der Waals surface area contributed by atoms with Crippen LogP contribution >= 0.6 is 0 Å².